The van der Waals surface area contributed by atoms with Crippen LogP contribution in [0, 0.1) is 23.7 Å². The van der Waals surface area contributed by atoms with E-state index >= 15 is 0 Å². The van der Waals surface area contributed by atoms with E-state index in [1.54, 1.807) is 0 Å². The number of carbonyl (C=O) groups excluding carboxylic acids is 1. The number of piperidine rings is 3. The van der Waals surface area contributed by atoms with E-state index in [-0.39, 0.29) is 29.5 Å². The van der Waals surface area contributed by atoms with Crippen molar-refractivity contribution in [3.63, 3.8) is 0 Å². The first-order chi connectivity index (χ1) is 15.6. The van der Waals surface area contributed by atoms with Gasteiger partial charge in [-0.3, -0.25) is 10.1 Å². The van der Waals surface area contributed by atoms with Gasteiger partial charge in [-0.25, -0.2) is 10.9 Å². The molecule has 4 aliphatic heterocycles. The lowest BCUT2D eigenvalue weighted by Crippen LogP contribution is -2.65. The van der Waals surface area contributed by atoms with Crippen LogP contribution in [0.2, 0.25) is 0 Å². The molecule has 1 saturated carbocycles. The number of nitrogens with zero attached hydrogens (tertiary/aromatic N) is 1. The monoisotopic (exact) mass is 467 g/mol. The fraction of sp³-hybridized carbons (Fsp3) is 0.957. The fourth-order valence-corrected chi connectivity index (χ4v) is 7.57. The Bertz CT molecular complexity index is 646. The number of amides is 1. The molecule has 5 aliphatic rings. The van der Waals surface area contributed by atoms with Crippen molar-refractivity contribution in [2.75, 3.05) is 32.7 Å². The van der Waals surface area contributed by atoms with E-state index in [1.807, 2.05) is 5.12 Å². The van der Waals surface area contributed by atoms with Gasteiger partial charge in [0.1, 0.15) is 6.17 Å². The summed E-state index contributed by atoms with van der Waals surface area (Å²) in [4.78, 5) is 13.1. The molecule has 0 aromatic rings. The van der Waals surface area contributed by atoms with Crippen LogP contribution < -0.4 is 32.1 Å². The molecule has 5 fully saturated rings. The minimum atomic E-state index is -0.0847. The first kappa shape index (κ1) is 23.3. The summed E-state index contributed by atoms with van der Waals surface area (Å²) in [6.07, 6.45) is 8.51. The van der Waals surface area contributed by atoms with Gasteiger partial charge in [0.15, 0.2) is 0 Å². The van der Waals surface area contributed by atoms with Crippen molar-refractivity contribution in [2.24, 2.45) is 23.7 Å². The number of hydrogen-bond acceptors (Lipinski definition) is 7. The number of carbonyl (C=O) groups is 1. The number of halogens is 1. The molecule has 1 amide bonds. The molecule has 1 aliphatic carbocycles. The van der Waals surface area contributed by atoms with Gasteiger partial charge in [-0.2, -0.15) is 5.12 Å². The minimum absolute atomic E-state index is 0.0366. The first-order valence-electron chi connectivity index (χ1n) is 13.0. The number of fused-ring (bicyclic) bond motifs is 1. The Balaban J connectivity index is 1.11. The third kappa shape index (κ3) is 4.97. The molecule has 4 saturated heterocycles. The highest BCUT2D eigenvalue weighted by Crippen LogP contribution is 2.43. The summed E-state index contributed by atoms with van der Waals surface area (Å²) in [6.45, 7) is 7.11. The number of hydrogen-bond donors (Lipinski definition) is 6. The average Bonchev–Trinajstić information content (AvgIpc) is 3.33. The normalized spacial score (nSPS) is 45.9. The van der Waals surface area contributed by atoms with Crippen LogP contribution >= 0.6 is 11.6 Å². The average molecular weight is 468 g/mol. The molecule has 0 spiro atoms. The highest BCUT2D eigenvalue weighted by Gasteiger charge is 2.43. The van der Waals surface area contributed by atoms with Crippen LogP contribution in [0.25, 0.3) is 0 Å². The van der Waals surface area contributed by atoms with Crippen molar-refractivity contribution < 1.29 is 4.79 Å². The lowest BCUT2D eigenvalue weighted by molar-refractivity contribution is -0.125. The van der Waals surface area contributed by atoms with Gasteiger partial charge in [0.05, 0.1) is 11.4 Å². The van der Waals surface area contributed by atoms with E-state index in [1.165, 1.54) is 38.6 Å². The van der Waals surface area contributed by atoms with E-state index in [4.69, 9.17) is 11.6 Å². The van der Waals surface area contributed by atoms with Crippen LogP contribution in [-0.4, -0.2) is 73.4 Å². The van der Waals surface area contributed by atoms with Crippen LogP contribution in [0.5, 0.6) is 0 Å². The maximum absolute atomic E-state index is 13.1. The van der Waals surface area contributed by atoms with E-state index in [0.29, 0.717) is 11.8 Å². The van der Waals surface area contributed by atoms with Gasteiger partial charge >= 0.3 is 0 Å². The van der Waals surface area contributed by atoms with Crippen molar-refractivity contribution in [1.82, 2.24) is 37.2 Å². The van der Waals surface area contributed by atoms with Crippen LogP contribution in [0.4, 0.5) is 0 Å². The molecule has 32 heavy (non-hydrogen) atoms. The molecule has 5 rings (SSSR count). The Hall–Kier alpha value is -0.480. The lowest BCUT2D eigenvalue weighted by Gasteiger charge is -2.48. The quantitative estimate of drug-likeness (QED) is 0.335. The molecule has 0 radical (unpaired) electrons. The predicted molar refractivity (Wildman–Crippen MR) is 127 cm³/mol. The van der Waals surface area contributed by atoms with Gasteiger partial charge in [0, 0.05) is 31.7 Å². The Morgan fingerprint density at radius 2 is 1.72 bits per heavy atom. The zero-order valence-electron chi connectivity index (χ0n) is 19.4. The smallest absolute Gasteiger partial charge is 0.237 e. The van der Waals surface area contributed by atoms with E-state index in [9.17, 15) is 4.79 Å². The zero-order valence-corrected chi connectivity index (χ0v) is 20.2. The second kappa shape index (κ2) is 10.4. The van der Waals surface area contributed by atoms with Crippen molar-refractivity contribution in [3.8, 4) is 0 Å². The maximum Gasteiger partial charge on any atom is 0.237 e. The van der Waals surface area contributed by atoms with Crippen LogP contribution in [0.1, 0.15) is 51.9 Å². The summed E-state index contributed by atoms with van der Waals surface area (Å²) in [6, 6.07) is 0.720. The summed E-state index contributed by atoms with van der Waals surface area (Å²) in [7, 11) is 0. The number of nitrogens with one attached hydrogen (secondary N) is 6. The van der Waals surface area contributed by atoms with Gasteiger partial charge in [-0.1, -0.05) is 13.3 Å². The minimum Gasteiger partial charge on any atom is -0.351 e. The second-order valence-electron chi connectivity index (χ2n) is 10.8. The highest BCUT2D eigenvalue weighted by atomic mass is 35.5. The second-order valence-corrected chi connectivity index (χ2v) is 11.4. The molecule has 4 heterocycles. The molecule has 0 bridgehead atoms. The summed E-state index contributed by atoms with van der Waals surface area (Å²) < 4.78 is 0. The summed E-state index contributed by atoms with van der Waals surface area (Å²) in [5.74, 6) is 3.05. The van der Waals surface area contributed by atoms with Crippen LogP contribution in [-0.2, 0) is 4.79 Å². The number of alkyl halides is 1. The molecule has 9 atom stereocenters. The Morgan fingerprint density at radius 3 is 2.50 bits per heavy atom. The molecular weight excluding hydrogens is 426 g/mol. The third-order valence-corrected chi connectivity index (χ3v) is 9.20. The summed E-state index contributed by atoms with van der Waals surface area (Å²) in [5, 5.41) is 16.1. The SMILES string of the molecule is CC1CC(C(=O)NC2CNC(N3NCCN3)C(Cl)C2)NCC1C1CCCC2NCCCC21. The first-order valence-corrected chi connectivity index (χ1v) is 13.4. The molecule has 6 N–H and O–H groups in total. The van der Waals surface area contributed by atoms with Gasteiger partial charge in [-0.15, -0.1) is 11.6 Å². The number of hydrazine groups is 2. The fourth-order valence-electron chi connectivity index (χ4n) is 7.15. The molecule has 0 aromatic heterocycles. The van der Waals surface area contributed by atoms with E-state index < -0.39 is 0 Å². The molecule has 9 unspecified atom stereocenters. The number of rotatable bonds is 4. The van der Waals surface area contributed by atoms with Crippen molar-refractivity contribution >= 4 is 17.5 Å². The van der Waals surface area contributed by atoms with Gasteiger partial charge in [0.2, 0.25) is 5.91 Å². The van der Waals surface area contributed by atoms with Gasteiger partial charge in [0.25, 0.3) is 0 Å². The van der Waals surface area contributed by atoms with E-state index in [0.717, 1.165) is 56.9 Å². The third-order valence-electron chi connectivity index (χ3n) is 8.78. The molecule has 182 valence electrons. The van der Waals surface area contributed by atoms with Gasteiger partial charge < -0.3 is 16.0 Å². The zero-order chi connectivity index (χ0) is 22.1. The van der Waals surface area contributed by atoms with Crippen molar-refractivity contribution in [2.45, 2.75) is 81.5 Å². The van der Waals surface area contributed by atoms with Crippen LogP contribution in [0.3, 0.4) is 0 Å². The molecule has 0 aromatic carbocycles. The Morgan fingerprint density at radius 1 is 0.906 bits per heavy atom. The lowest BCUT2D eigenvalue weighted by atomic mass is 9.63. The van der Waals surface area contributed by atoms with Crippen molar-refractivity contribution in [3.05, 3.63) is 0 Å². The molecule has 8 nitrogen and oxygen atoms in total. The van der Waals surface area contributed by atoms with Gasteiger partial charge in [-0.05, 0) is 75.3 Å². The molecule has 9 heteroatoms. The summed E-state index contributed by atoms with van der Waals surface area (Å²) in [5.41, 5.74) is 6.58. The standard InChI is InChI=1S/C23H42ClN7O/c1-14-10-21(26-13-18(14)16-4-2-6-20-17(16)5-3-7-25-20)23(32)30-15-11-19(24)22(27-12-15)31-28-8-9-29-31/h14-22,25-29H,2-13H2,1H3,(H,30,32). The predicted octanol–water partition coefficient (Wildman–Crippen LogP) is 0.505. The van der Waals surface area contributed by atoms with Crippen LogP contribution in [0.15, 0.2) is 0 Å². The highest BCUT2D eigenvalue weighted by molar-refractivity contribution is 6.21. The Kier molecular flexibility index (Phi) is 7.58. The topological polar surface area (TPSA) is 92.5 Å². The largest absolute Gasteiger partial charge is 0.351 e. The van der Waals surface area contributed by atoms with Crippen molar-refractivity contribution in [1.29, 1.82) is 0 Å². The maximum atomic E-state index is 13.1. The Labute approximate surface area is 197 Å². The summed E-state index contributed by atoms with van der Waals surface area (Å²) >= 11 is 6.65. The molecular formula is C23H42ClN7O. The van der Waals surface area contributed by atoms with E-state index in [2.05, 4.69) is 39.0 Å².